The Bertz CT molecular complexity index is 805. The lowest BCUT2D eigenvalue weighted by molar-refractivity contribution is -0.116. The molecule has 3 aromatic rings. The first kappa shape index (κ1) is 14.8. The fourth-order valence-electron chi connectivity index (χ4n) is 1.96. The van der Waals surface area contributed by atoms with Crippen molar-refractivity contribution >= 4 is 11.6 Å². The molecule has 0 saturated heterocycles. The molecule has 1 N–H and O–H groups in total. The standard InChI is InChI=1S/C16H13FN4O2/c17-12-5-1-2-6-13(12)19-14(22)7-8-15-20-16(21-23-15)11-4-3-9-18-10-11/h1-6,9-10H,7-8H2,(H,19,22). The van der Waals surface area contributed by atoms with Gasteiger partial charge < -0.3 is 9.84 Å². The summed E-state index contributed by atoms with van der Waals surface area (Å²) in [4.78, 5) is 20.0. The molecule has 0 unspecified atom stereocenters. The Morgan fingerprint density at radius 3 is 2.87 bits per heavy atom. The second-order valence-electron chi connectivity index (χ2n) is 4.78. The van der Waals surface area contributed by atoms with Crippen molar-refractivity contribution in [2.45, 2.75) is 12.8 Å². The molecular weight excluding hydrogens is 299 g/mol. The molecule has 2 aromatic heterocycles. The highest BCUT2D eigenvalue weighted by molar-refractivity contribution is 5.90. The number of benzene rings is 1. The van der Waals surface area contributed by atoms with Crippen LogP contribution in [0.2, 0.25) is 0 Å². The van der Waals surface area contributed by atoms with Crippen LogP contribution in [-0.4, -0.2) is 21.0 Å². The Hall–Kier alpha value is -3.09. The molecule has 7 heteroatoms. The average Bonchev–Trinajstić information content (AvgIpc) is 3.05. The molecule has 0 aliphatic heterocycles. The highest BCUT2D eigenvalue weighted by Crippen LogP contribution is 2.15. The van der Waals surface area contributed by atoms with Crippen molar-refractivity contribution < 1.29 is 13.7 Å². The average molecular weight is 312 g/mol. The third-order valence-corrected chi connectivity index (χ3v) is 3.10. The van der Waals surface area contributed by atoms with Gasteiger partial charge in [0, 0.05) is 30.8 Å². The molecular formula is C16H13FN4O2. The first-order valence-electron chi connectivity index (χ1n) is 7.00. The number of halogens is 1. The highest BCUT2D eigenvalue weighted by atomic mass is 19.1. The van der Waals surface area contributed by atoms with Crippen molar-refractivity contribution in [3.63, 3.8) is 0 Å². The number of pyridine rings is 1. The SMILES string of the molecule is O=C(CCc1nc(-c2cccnc2)no1)Nc1ccccc1F. The van der Waals surface area contributed by atoms with Crippen molar-refractivity contribution in [1.82, 2.24) is 15.1 Å². The van der Waals surface area contributed by atoms with Gasteiger partial charge in [0.2, 0.25) is 17.6 Å². The fraction of sp³-hybridized carbons (Fsp3) is 0.125. The molecule has 0 atom stereocenters. The van der Waals surface area contributed by atoms with Gasteiger partial charge in [-0.2, -0.15) is 4.98 Å². The Morgan fingerprint density at radius 1 is 1.22 bits per heavy atom. The number of carbonyl (C=O) groups excluding carboxylic acids is 1. The number of amides is 1. The van der Waals surface area contributed by atoms with Gasteiger partial charge in [-0.25, -0.2) is 4.39 Å². The molecule has 1 amide bonds. The van der Waals surface area contributed by atoms with Gasteiger partial charge in [0.05, 0.1) is 5.69 Å². The number of nitrogens with one attached hydrogen (secondary N) is 1. The zero-order valence-corrected chi connectivity index (χ0v) is 12.1. The van der Waals surface area contributed by atoms with Crippen LogP contribution >= 0.6 is 0 Å². The summed E-state index contributed by atoms with van der Waals surface area (Å²) in [6.07, 6.45) is 3.66. The zero-order chi connectivity index (χ0) is 16.1. The van der Waals surface area contributed by atoms with Gasteiger partial charge in [-0.3, -0.25) is 9.78 Å². The molecule has 0 radical (unpaired) electrons. The van der Waals surface area contributed by atoms with E-state index in [4.69, 9.17) is 4.52 Å². The quantitative estimate of drug-likeness (QED) is 0.783. The smallest absolute Gasteiger partial charge is 0.227 e. The van der Waals surface area contributed by atoms with Gasteiger partial charge in [0.15, 0.2) is 0 Å². The van der Waals surface area contributed by atoms with E-state index in [-0.39, 0.29) is 24.4 Å². The third-order valence-electron chi connectivity index (χ3n) is 3.10. The summed E-state index contributed by atoms with van der Waals surface area (Å²) in [7, 11) is 0. The van der Waals surface area contributed by atoms with E-state index in [1.807, 2.05) is 6.07 Å². The Kier molecular flexibility index (Phi) is 4.37. The lowest BCUT2D eigenvalue weighted by Crippen LogP contribution is -2.13. The van der Waals surface area contributed by atoms with E-state index in [2.05, 4.69) is 20.4 Å². The van der Waals surface area contributed by atoms with Crippen LogP contribution in [0.15, 0.2) is 53.3 Å². The Balaban J connectivity index is 1.58. The Morgan fingerprint density at radius 2 is 2.09 bits per heavy atom. The molecule has 1 aromatic carbocycles. The minimum absolute atomic E-state index is 0.114. The summed E-state index contributed by atoms with van der Waals surface area (Å²) < 4.78 is 18.5. The maximum Gasteiger partial charge on any atom is 0.227 e. The molecule has 23 heavy (non-hydrogen) atoms. The number of carbonyl (C=O) groups is 1. The number of hydrogen-bond acceptors (Lipinski definition) is 5. The van der Waals surface area contributed by atoms with Crippen molar-refractivity contribution in [3.05, 3.63) is 60.5 Å². The lowest BCUT2D eigenvalue weighted by Gasteiger charge is -2.04. The number of hydrogen-bond donors (Lipinski definition) is 1. The number of nitrogens with zero attached hydrogens (tertiary/aromatic N) is 3. The summed E-state index contributed by atoms with van der Waals surface area (Å²) in [6, 6.07) is 9.58. The van der Waals surface area contributed by atoms with E-state index < -0.39 is 5.82 Å². The van der Waals surface area contributed by atoms with Gasteiger partial charge in [0.1, 0.15) is 5.82 Å². The van der Waals surface area contributed by atoms with E-state index in [1.165, 1.54) is 12.1 Å². The van der Waals surface area contributed by atoms with E-state index in [9.17, 15) is 9.18 Å². The molecule has 0 fully saturated rings. The molecule has 6 nitrogen and oxygen atoms in total. The predicted molar refractivity (Wildman–Crippen MR) is 80.9 cm³/mol. The molecule has 2 heterocycles. The minimum atomic E-state index is -0.475. The largest absolute Gasteiger partial charge is 0.339 e. The van der Waals surface area contributed by atoms with E-state index in [0.717, 1.165) is 5.56 Å². The van der Waals surface area contributed by atoms with Crippen molar-refractivity contribution in [1.29, 1.82) is 0 Å². The monoisotopic (exact) mass is 312 g/mol. The second-order valence-corrected chi connectivity index (χ2v) is 4.78. The molecule has 0 bridgehead atoms. The third kappa shape index (κ3) is 3.76. The minimum Gasteiger partial charge on any atom is -0.339 e. The zero-order valence-electron chi connectivity index (χ0n) is 12.1. The van der Waals surface area contributed by atoms with Gasteiger partial charge in [-0.15, -0.1) is 0 Å². The summed E-state index contributed by atoms with van der Waals surface area (Å²) >= 11 is 0. The lowest BCUT2D eigenvalue weighted by atomic mass is 10.2. The second kappa shape index (κ2) is 6.78. The number of para-hydroxylation sites is 1. The molecule has 3 rings (SSSR count). The normalized spacial score (nSPS) is 10.5. The van der Waals surface area contributed by atoms with E-state index >= 15 is 0 Å². The van der Waals surface area contributed by atoms with Gasteiger partial charge >= 0.3 is 0 Å². The fourth-order valence-corrected chi connectivity index (χ4v) is 1.96. The van der Waals surface area contributed by atoms with Crippen LogP contribution < -0.4 is 5.32 Å². The summed E-state index contributed by atoms with van der Waals surface area (Å²) in [5, 5.41) is 6.35. The number of rotatable bonds is 5. The molecule has 0 aliphatic carbocycles. The molecule has 0 saturated carbocycles. The predicted octanol–water partition coefficient (Wildman–Crippen LogP) is 2.84. The van der Waals surface area contributed by atoms with Crippen molar-refractivity contribution in [2.24, 2.45) is 0 Å². The number of aromatic nitrogens is 3. The van der Waals surface area contributed by atoms with Crippen LogP contribution in [0.5, 0.6) is 0 Å². The first-order chi connectivity index (χ1) is 11.2. The van der Waals surface area contributed by atoms with Gasteiger partial charge in [0.25, 0.3) is 0 Å². The van der Waals surface area contributed by atoms with Crippen LogP contribution in [0.3, 0.4) is 0 Å². The molecule has 116 valence electrons. The molecule has 0 spiro atoms. The maximum absolute atomic E-state index is 13.4. The van der Waals surface area contributed by atoms with Crippen LogP contribution in [-0.2, 0) is 11.2 Å². The van der Waals surface area contributed by atoms with E-state index in [1.54, 1.807) is 30.6 Å². The molecule has 0 aliphatic rings. The summed E-state index contributed by atoms with van der Waals surface area (Å²) in [6.45, 7) is 0. The topological polar surface area (TPSA) is 80.9 Å². The van der Waals surface area contributed by atoms with Gasteiger partial charge in [-0.05, 0) is 24.3 Å². The highest BCUT2D eigenvalue weighted by Gasteiger charge is 2.11. The van der Waals surface area contributed by atoms with Crippen molar-refractivity contribution in [3.8, 4) is 11.4 Å². The number of anilines is 1. The van der Waals surface area contributed by atoms with Crippen LogP contribution in [0.4, 0.5) is 10.1 Å². The maximum atomic E-state index is 13.4. The van der Waals surface area contributed by atoms with Crippen LogP contribution in [0, 0.1) is 5.82 Å². The number of aryl methyl sites for hydroxylation is 1. The van der Waals surface area contributed by atoms with Crippen LogP contribution in [0.1, 0.15) is 12.3 Å². The summed E-state index contributed by atoms with van der Waals surface area (Å²) in [5.74, 6) is -0.0381. The summed E-state index contributed by atoms with van der Waals surface area (Å²) in [5.41, 5.74) is 0.886. The van der Waals surface area contributed by atoms with Crippen molar-refractivity contribution in [2.75, 3.05) is 5.32 Å². The van der Waals surface area contributed by atoms with Crippen LogP contribution in [0.25, 0.3) is 11.4 Å². The van der Waals surface area contributed by atoms with Gasteiger partial charge in [-0.1, -0.05) is 17.3 Å². The van der Waals surface area contributed by atoms with E-state index in [0.29, 0.717) is 11.7 Å². The first-order valence-corrected chi connectivity index (χ1v) is 7.00. The Labute approximate surface area is 131 Å².